The minimum Gasteiger partial charge on any atom is -0.493 e. The van der Waals surface area contributed by atoms with Gasteiger partial charge in [-0.1, -0.05) is 42.5 Å². The van der Waals surface area contributed by atoms with Gasteiger partial charge in [0.25, 0.3) is 5.91 Å². The topological polar surface area (TPSA) is 106 Å². The average molecular weight is 436 g/mol. The van der Waals surface area contributed by atoms with Crippen LogP contribution in [0.15, 0.2) is 85.1 Å². The van der Waals surface area contributed by atoms with Crippen LogP contribution in [0.4, 0.5) is 5.69 Å². The van der Waals surface area contributed by atoms with E-state index in [4.69, 9.17) is 4.74 Å². The van der Waals surface area contributed by atoms with Gasteiger partial charge < -0.3 is 10.1 Å². The lowest BCUT2D eigenvalue weighted by Gasteiger charge is -2.09. The molecule has 33 heavy (non-hydrogen) atoms. The number of carbonyl (C=O) groups excluding carboxylic acids is 1. The third-order valence-corrected chi connectivity index (χ3v) is 5.07. The second-order valence-electron chi connectivity index (χ2n) is 7.37. The molecule has 0 bridgehead atoms. The Hall–Kier alpha value is -4.59. The van der Waals surface area contributed by atoms with Gasteiger partial charge in [-0.2, -0.15) is 10.3 Å². The first kappa shape index (κ1) is 20.3. The molecule has 0 spiro atoms. The first-order valence-electron chi connectivity index (χ1n) is 10.5. The van der Waals surface area contributed by atoms with Crippen molar-refractivity contribution in [2.75, 3.05) is 11.9 Å². The molecule has 3 aromatic carbocycles. The van der Waals surface area contributed by atoms with E-state index in [9.17, 15) is 4.79 Å². The molecule has 2 N–H and O–H groups in total. The Labute approximate surface area is 189 Å². The van der Waals surface area contributed by atoms with E-state index in [0.717, 1.165) is 17.7 Å². The summed E-state index contributed by atoms with van der Waals surface area (Å²) in [7, 11) is 0. The van der Waals surface area contributed by atoms with Crippen LogP contribution in [0.25, 0.3) is 22.6 Å². The molecule has 5 aromatic rings. The van der Waals surface area contributed by atoms with Gasteiger partial charge in [-0.05, 0) is 42.0 Å². The van der Waals surface area contributed by atoms with E-state index in [2.05, 4.69) is 42.8 Å². The van der Waals surface area contributed by atoms with E-state index >= 15 is 0 Å². The van der Waals surface area contributed by atoms with Crippen LogP contribution in [-0.2, 0) is 6.42 Å². The third kappa shape index (κ3) is 4.85. The highest BCUT2D eigenvalue weighted by atomic mass is 16.5. The fourth-order valence-electron chi connectivity index (χ4n) is 3.36. The largest absolute Gasteiger partial charge is 0.493 e. The summed E-state index contributed by atoms with van der Waals surface area (Å²) in [4.78, 5) is 21.5. The number of anilines is 1. The predicted octanol–water partition coefficient (Wildman–Crippen LogP) is 4.29. The van der Waals surface area contributed by atoms with Gasteiger partial charge in [0.1, 0.15) is 11.3 Å². The van der Waals surface area contributed by atoms with Crippen LogP contribution >= 0.6 is 0 Å². The molecule has 8 nitrogen and oxygen atoms in total. The molecule has 0 unspecified atom stereocenters. The number of fused-ring (bicyclic) bond motifs is 1. The number of aromatic amines is 1. The molecule has 162 valence electrons. The van der Waals surface area contributed by atoms with Crippen LogP contribution in [0.3, 0.4) is 0 Å². The molecule has 0 aliphatic rings. The summed E-state index contributed by atoms with van der Waals surface area (Å²) in [5, 5.41) is 13.4. The van der Waals surface area contributed by atoms with Crippen LogP contribution in [0.2, 0.25) is 0 Å². The molecule has 2 aromatic heterocycles. The summed E-state index contributed by atoms with van der Waals surface area (Å²) in [6, 6.07) is 24.7. The Morgan fingerprint density at radius 2 is 1.79 bits per heavy atom. The molecule has 0 atom stereocenters. The molecule has 5 rings (SSSR count). The second-order valence-corrected chi connectivity index (χ2v) is 7.37. The monoisotopic (exact) mass is 436 g/mol. The third-order valence-electron chi connectivity index (χ3n) is 5.07. The molecule has 0 aliphatic heterocycles. The summed E-state index contributed by atoms with van der Waals surface area (Å²) < 4.78 is 5.81. The Bertz CT molecular complexity index is 1380. The van der Waals surface area contributed by atoms with Crippen LogP contribution < -0.4 is 10.1 Å². The normalized spacial score (nSPS) is 10.8. The van der Waals surface area contributed by atoms with Crippen LogP contribution in [0.5, 0.6) is 5.75 Å². The number of rotatable bonds is 7. The van der Waals surface area contributed by atoms with Gasteiger partial charge in [0, 0.05) is 23.2 Å². The van der Waals surface area contributed by atoms with Crippen molar-refractivity contribution in [1.82, 2.24) is 25.4 Å². The molecular weight excluding hydrogens is 416 g/mol. The van der Waals surface area contributed by atoms with E-state index < -0.39 is 0 Å². The van der Waals surface area contributed by atoms with Crippen molar-refractivity contribution in [2.24, 2.45) is 0 Å². The smallest absolute Gasteiger partial charge is 0.255 e. The molecular formula is C25H20N6O2. The zero-order valence-electron chi connectivity index (χ0n) is 17.6. The molecule has 0 saturated heterocycles. The fourth-order valence-corrected chi connectivity index (χ4v) is 3.36. The molecule has 0 radical (unpaired) electrons. The van der Waals surface area contributed by atoms with Crippen molar-refractivity contribution in [3.8, 4) is 17.1 Å². The quantitative estimate of drug-likeness (QED) is 0.394. The van der Waals surface area contributed by atoms with Crippen LogP contribution in [-0.4, -0.2) is 37.9 Å². The fraction of sp³-hybridized carbons (Fsp3) is 0.0800. The maximum absolute atomic E-state index is 12.8. The molecule has 0 aliphatic carbocycles. The van der Waals surface area contributed by atoms with Gasteiger partial charge in [-0.3, -0.25) is 4.79 Å². The summed E-state index contributed by atoms with van der Waals surface area (Å²) in [6.45, 7) is 0.588. The number of ether oxygens (including phenoxy) is 1. The number of aromatic nitrogens is 5. The Morgan fingerprint density at radius 3 is 2.64 bits per heavy atom. The van der Waals surface area contributed by atoms with E-state index in [1.54, 1.807) is 24.4 Å². The summed E-state index contributed by atoms with van der Waals surface area (Å²) in [5.74, 6) is 1.01. The van der Waals surface area contributed by atoms with E-state index in [-0.39, 0.29) is 5.91 Å². The van der Waals surface area contributed by atoms with Crippen molar-refractivity contribution in [1.29, 1.82) is 0 Å². The first-order chi connectivity index (χ1) is 16.2. The number of hydrogen-bond donors (Lipinski definition) is 2. The van der Waals surface area contributed by atoms with Crippen LogP contribution in [0.1, 0.15) is 15.9 Å². The number of nitrogens with one attached hydrogen (secondary N) is 2. The average Bonchev–Trinajstić information content (AvgIpc) is 3.34. The highest BCUT2D eigenvalue weighted by molar-refractivity contribution is 6.04. The lowest BCUT2D eigenvalue weighted by Crippen LogP contribution is -2.12. The minimum atomic E-state index is -0.225. The van der Waals surface area contributed by atoms with Crippen molar-refractivity contribution in [2.45, 2.75) is 6.42 Å². The summed E-state index contributed by atoms with van der Waals surface area (Å²) in [6.07, 6.45) is 2.43. The summed E-state index contributed by atoms with van der Waals surface area (Å²) >= 11 is 0. The minimum absolute atomic E-state index is 0.225. The van der Waals surface area contributed by atoms with Crippen LogP contribution in [0, 0.1) is 0 Å². The highest BCUT2D eigenvalue weighted by Crippen LogP contribution is 2.20. The van der Waals surface area contributed by atoms with E-state index in [1.807, 2.05) is 48.5 Å². The lowest BCUT2D eigenvalue weighted by molar-refractivity contribution is 0.102. The summed E-state index contributed by atoms with van der Waals surface area (Å²) in [5.41, 5.74) is 4.19. The zero-order chi connectivity index (χ0) is 22.5. The van der Waals surface area contributed by atoms with E-state index in [1.165, 1.54) is 5.56 Å². The number of H-pyrrole nitrogens is 1. The second kappa shape index (κ2) is 9.27. The standard InChI is InChI=1S/C25H20N6O2/c32-25(19-8-4-7-18(15-19)23-26-16-22-24(28-23)30-31-29-22)27-20-9-11-21(12-10-20)33-14-13-17-5-2-1-3-6-17/h1-12,15-16H,13-14H2,(H,27,32)(H,26,28,29,30,31). The van der Waals surface area contributed by atoms with Gasteiger partial charge >= 0.3 is 0 Å². The number of carbonyl (C=O) groups is 1. The molecule has 0 fully saturated rings. The van der Waals surface area contributed by atoms with Gasteiger partial charge in [-0.15, -0.1) is 5.10 Å². The predicted molar refractivity (Wildman–Crippen MR) is 125 cm³/mol. The Balaban J connectivity index is 1.21. The number of hydrogen-bond acceptors (Lipinski definition) is 6. The van der Waals surface area contributed by atoms with E-state index in [0.29, 0.717) is 34.8 Å². The number of benzene rings is 3. The number of amides is 1. The van der Waals surface area contributed by atoms with Crippen molar-refractivity contribution < 1.29 is 9.53 Å². The highest BCUT2D eigenvalue weighted by Gasteiger charge is 2.11. The maximum atomic E-state index is 12.8. The first-order valence-corrected chi connectivity index (χ1v) is 10.5. The van der Waals surface area contributed by atoms with Gasteiger partial charge in [0.05, 0.1) is 12.8 Å². The molecule has 8 heteroatoms. The maximum Gasteiger partial charge on any atom is 0.255 e. The molecule has 0 saturated carbocycles. The molecule has 2 heterocycles. The zero-order valence-corrected chi connectivity index (χ0v) is 17.6. The number of nitrogens with zero attached hydrogens (tertiary/aromatic N) is 4. The lowest BCUT2D eigenvalue weighted by atomic mass is 10.1. The Kier molecular flexibility index (Phi) is 5.71. The van der Waals surface area contributed by atoms with Crippen molar-refractivity contribution >= 4 is 22.8 Å². The van der Waals surface area contributed by atoms with Gasteiger partial charge in [0.15, 0.2) is 5.82 Å². The Morgan fingerprint density at radius 1 is 0.939 bits per heavy atom. The van der Waals surface area contributed by atoms with Gasteiger partial charge in [-0.25, -0.2) is 9.97 Å². The van der Waals surface area contributed by atoms with Crippen molar-refractivity contribution in [3.63, 3.8) is 0 Å². The SMILES string of the molecule is O=C(Nc1ccc(OCCc2ccccc2)cc1)c1cccc(-c2ncc3n[nH]nc3n2)c1. The van der Waals surface area contributed by atoms with Gasteiger partial charge in [0.2, 0.25) is 5.65 Å². The molecule has 1 amide bonds. The van der Waals surface area contributed by atoms with Crippen molar-refractivity contribution in [3.05, 3.63) is 96.2 Å².